The van der Waals surface area contributed by atoms with Crippen molar-refractivity contribution in [1.29, 1.82) is 0 Å². The van der Waals surface area contributed by atoms with Gasteiger partial charge in [0.15, 0.2) is 0 Å². The molecule has 0 radical (unpaired) electrons. The first-order valence-electron chi connectivity index (χ1n) is 6.31. The molecule has 15 heavy (non-hydrogen) atoms. The molecule has 2 fully saturated rings. The maximum Gasteiger partial charge on any atom is 0.0684 e. The molecule has 0 aromatic rings. The zero-order valence-corrected chi connectivity index (χ0v) is 10.3. The fourth-order valence-electron chi connectivity index (χ4n) is 4.14. The third kappa shape index (κ3) is 2.36. The van der Waals surface area contributed by atoms with Gasteiger partial charge in [-0.15, -0.1) is 0 Å². The zero-order chi connectivity index (χ0) is 11.1. The van der Waals surface area contributed by atoms with Crippen LogP contribution in [-0.4, -0.2) is 22.9 Å². The van der Waals surface area contributed by atoms with Gasteiger partial charge in [0, 0.05) is 13.0 Å². The fourth-order valence-corrected chi connectivity index (χ4v) is 4.14. The van der Waals surface area contributed by atoms with E-state index < -0.39 is 5.60 Å². The molecular formula is C13H24O2. The molecule has 0 heterocycles. The third-order valence-corrected chi connectivity index (χ3v) is 4.05. The van der Waals surface area contributed by atoms with Crippen molar-refractivity contribution in [3.63, 3.8) is 0 Å². The number of aliphatic hydroxyl groups is 1. The fraction of sp³-hybridized carbons (Fsp3) is 1.00. The highest BCUT2D eigenvalue weighted by Crippen LogP contribution is 2.49. The summed E-state index contributed by atoms with van der Waals surface area (Å²) in [6.07, 6.45) is 5.19. The van der Waals surface area contributed by atoms with Crippen LogP contribution >= 0.6 is 0 Å². The Morgan fingerprint density at radius 1 is 1.33 bits per heavy atom. The van der Waals surface area contributed by atoms with Gasteiger partial charge in [-0.1, -0.05) is 6.92 Å². The molecule has 0 aromatic heterocycles. The number of hydrogen-bond acceptors (Lipinski definition) is 2. The van der Waals surface area contributed by atoms with E-state index in [0.29, 0.717) is 11.8 Å². The summed E-state index contributed by atoms with van der Waals surface area (Å²) in [5.41, 5.74) is -0.517. The minimum atomic E-state index is -0.440. The van der Waals surface area contributed by atoms with Gasteiger partial charge in [-0.2, -0.15) is 0 Å². The van der Waals surface area contributed by atoms with Gasteiger partial charge < -0.3 is 9.84 Å². The van der Waals surface area contributed by atoms with Crippen molar-refractivity contribution in [2.24, 2.45) is 11.8 Å². The standard InChI is InChI=1S/C13H24O2/c1-4-15-12(3)7-11-5-10(2)6-13(14,8-11)9-12/h10-11,14H,4-9H2,1-3H3. The van der Waals surface area contributed by atoms with Gasteiger partial charge in [-0.3, -0.25) is 0 Å². The van der Waals surface area contributed by atoms with Crippen LogP contribution in [0, 0.1) is 11.8 Å². The summed E-state index contributed by atoms with van der Waals surface area (Å²) in [4.78, 5) is 0. The number of fused-ring (bicyclic) bond motifs is 2. The summed E-state index contributed by atoms with van der Waals surface area (Å²) < 4.78 is 5.85. The molecule has 0 amide bonds. The minimum absolute atomic E-state index is 0.0768. The predicted molar refractivity (Wildman–Crippen MR) is 60.7 cm³/mol. The highest BCUT2D eigenvalue weighted by Gasteiger charge is 2.49. The van der Waals surface area contributed by atoms with Gasteiger partial charge >= 0.3 is 0 Å². The Bertz CT molecular complexity index is 235. The molecule has 88 valence electrons. The molecule has 2 aliphatic carbocycles. The topological polar surface area (TPSA) is 29.5 Å². The zero-order valence-electron chi connectivity index (χ0n) is 10.3. The van der Waals surface area contributed by atoms with Crippen LogP contribution in [0.3, 0.4) is 0 Å². The Balaban J connectivity index is 2.12. The Hall–Kier alpha value is -0.0800. The molecule has 2 nitrogen and oxygen atoms in total. The van der Waals surface area contributed by atoms with Crippen LogP contribution in [0.2, 0.25) is 0 Å². The second kappa shape index (κ2) is 3.74. The molecular weight excluding hydrogens is 188 g/mol. The molecule has 4 unspecified atom stereocenters. The van der Waals surface area contributed by atoms with E-state index in [0.717, 1.165) is 32.3 Å². The van der Waals surface area contributed by atoms with E-state index in [1.54, 1.807) is 0 Å². The summed E-state index contributed by atoms with van der Waals surface area (Å²) in [5.74, 6) is 1.35. The van der Waals surface area contributed by atoms with E-state index in [-0.39, 0.29) is 5.60 Å². The van der Waals surface area contributed by atoms with Crippen LogP contribution < -0.4 is 0 Å². The van der Waals surface area contributed by atoms with Gasteiger partial charge in [0.05, 0.1) is 11.2 Å². The van der Waals surface area contributed by atoms with Crippen LogP contribution in [0.25, 0.3) is 0 Å². The Labute approximate surface area is 93.0 Å². The summed E-state index contributed by atoms with van der Waals surface area (Å²) >= 11 is 0. The van der Waals surface area contributed by atoms with E-state index in [2.05, 4.69) is 13.8 Å². The number of hydrogen-bond donors (Lipinski definition) is 1. The van der Waals surface area contributed by atoms with Crippen molar-refractivity contribution in [2.45, 2.75) is 64.1 Å². The van der Waals surface area contributed by atoms with Crippen LogP contribution in [-0.2, 0) is 4.74 Å². The Morgan fingerprint density at radius 2 is 2.07 bits per heavy atom. The third-order valence-electron chi connectivity index (χ3n) is 4.05. The number of rotatable bonds is 2. The summed E-state index contributed by atoms with van der Waals surface area (Å²) in [7, 11) is 0. The van der Waals surface area contributed by atoms with Crippen LogP contribution in [0.4, 0.5) is 0 Å². The van der Waals surface area contributed by atoms with E-state index >= 15 is 0 Å². The van der Waals surface area contributed by atoms with Gasteiger partial charge in [0.25, 0.3) is 0 Å². The molecule has 4 atom stereocenters. The SMILES string of the molecule is CCOC1(C)CC2CC(C)CC(O)(C2)C1. The van der Waals surface area contributed by atoms with Gasteiger partial charge in [-0.05, 0) is 51.4 Å². The smallest absolute Gasteiger partial charge is 0.0684 e. The van der Waals surface area contributed by atoms with Crippen LogP contribution in [0.5, 0.6) is 0 Å². The normalized spacial score (nSPS) is 50.4. The van der Waals surface area contributed by atoms with Crippen molar-refractivity contribution in [1.82, 2.24) is 0 Å². The quantitative estimate of drug-likeness (QED) is 0.762. The lowest BCUT2D eigenvalue weighted by molar-refractivity contribution is -0.163. The molecule has 0 aromatic carbocycles. The first kappa shape index (κ1) is 11.4. The average Bonchev–Trinajstić information content (AvgIpc) is 1.97. The van der Waals surface area contributed by atoms with E-state index in [4.69, 9.17) is 4.74 Å². The summed E-state index contributed by atoms with van der Waals surface area (Å²) in [6.45, 7) is 7.24. The Morgan fingerprint density at radius 3 is 2.67 bits per heavy atom. The second-order valence-corrected chi connectivity index (χ2v) is 6.10. The lowest BCUT2D eigenvalue weighted by Crippen LogP contribution is -2.52. The minimum Gasteiger partial charge on any atom is -0.390 e. The maximum absolute atomic E-state index is 10.6. The van der Waals surface area contributed by atoms with Crippen molar-refractivity contribution in [3.05, 3.63) is 0 Å². The molecule has 0 aliphatic heterocycles. The average molecular weight is 212 g/mol. The first-order valence-corrected chi connectivity index (χ1v) is 6.31. The highest BCUT2D eigenvalue weighted by atomic mass is 16.5. The molecule has 2 rings (SSSR count). The van der Waals surface area contributed by atoms with Gasteiger partial charge in [0.2, 0.25) is 0 Å². The largest absolute Gasteiger partial charge is 0.390 e. The highest BCUT2D eigenvalue weighted by molar-refractivity contribution is 5.01. The van der Waals surface area contributed by atoms with E-state index in [9.17, 15) is 5.11 Å². The predicted octanol–water partition coefficient (Wildman–Crippen LogP) is 2.74. The lowest BCUT2D eigenvalue weighted by atomic mass is 9.61. The van der Waals surface area contributed by atoms with Crippen molar-refractivity contribution in [2.75, 3.05) is 6.61 Å². The molecule has 2 aliphatic rings. The van der Waals surface area contributed by atoms with Gasteiger partial charge in [0.1, 0.15) is 0 Å². The summed E-state index contributed by atoms with van der Waals surface area (Å²) in [5, 5.41) is 10.6. The van der Waals surface area contributed by atoms with E-state index in [1.807, 2.05) is 6.92 Å². The monoisotopic (exact) mass is 212 g/mol. The Kier molecular flexibility index (Phi) is 2.85. The first-order chi connectivity index (χ1) is 6.95. The second-order valence-electron chi connectivity index (χ2n) is 6.10. The van der Waals surface area contributed by atoms with Crippen LogP contribution in [0.15, 0.2) is 0 Å². The molecule has 2 saturated carbocycles. The molecule has 0 spiro atoms. The van der Waals surface area contributed by atoms with E-state index in [1.165, 1.54) is 6.42 Å². The van der Waals surface area contributed by atoms with Crippen molar-refractivity contribution >= 4 is 0 Å². The van der Waals surface area contributed by atoms with Crippen LogP contribution in [0.1, 0.15) is 52.9 Å². The van der Waals surface area contributed by atoms with Gasteiger partial charge in [-0.25, -0.2) is 0 Å². The molecule has 2 heteroatoms. The molecule has 2 bridgehead atoms. The maximum atomic E-state index is 10.6. The number of ether oxygens (including phenoxy) is 1. The lowest BCUT2D eigenvalue weighted by Gasteiger charge is -2.51. The molecule has 1 N–H and O–H groups in total. The van der Waals surface area contributed by atoms with Crippen molar-refractivity contribution in [3.8, 4) is 0 Å². The summed E-state index contributed by atoms with van der Waals surface area (Å²) in [6, 6.07) is 0. The molecule has 0 saturated heterocycles. The van der Waals surface area contributed by atoms with Crippen molar-refractivity contribution < 1.29 is 9.84 Å².